The number of rotatable bonds is 6. The van der Waals surface area contributed by atoms with E-state index in [1.54, 1.807) is 0 Å². The van der Waals surface area contributed by atoms with Crippen LogP contribution < -0.4 is 0 Å². The highest BCUT2D eigenvalue weighted by Gasteiger charge is 2.25. The predicted octanol–water partition coefficient (Wildman–Crippen LogP) is 5.97. The summed E-state index contributed by atoms with van der Waals surface area (Å²) in [4.78, 5) is 15.2. The number of fused-ring (bicyclic) bond motifs is 1. The number of halogens is 1. The summed E-state index contributed by atoms with van der Waals surface area (Å²) < 4.78 is 1.82. The van der Waals surface area contributed by atoms with Crippen molar-refractivity contribution in [1.29, 1.82) is 0 Å². The molecule has 1 aromatic heterocycles. The van der Waals surface area contributed by atoms with Crippen molar-refractivity contribution in [3.05, 3.63) is 89.4 Å². The van der Waals surface area contributed by atoms with Crippen molar-refractivity contribution in [1.82, 2.24) is 14.7 Å². The third-order valence-corrected chi connectivity index (χ3v) is 5.58. The zero-order chi connectivity index (χ0) is 21.1. The van der Waals surface area contributed by atoms with Crippen LogP contribution in [0.5, 0.6) is 0 Å². The third kappa shape index (κ3) is 3.96. The number of benzene rings is 3. The molecule has 1 amide bonds. The maximum atomic E-state index is 13.4. The van der Waals surface area contributed by atoms with Gasteiger partial charge in [-0.2, -0.15) is 5.10 Å². The van der Waals surface area contributed by atoms with Gasteiger partial charge in [-0.15, -0.1) is 0 Å². The second kappa shape index (κ2) is 8.72. The molecule has 1 atom stereocenters. The maximum Gasteiger partial charge on any atom is 0.247 e. The Morgan fingerprint density at radius 1 is 1.03 bits per heavy atom. The first-order valence-electron chi connectivity index (χ1n) is 10.1. The van der Waals surface area contributed by atoms with Gasteiger partial charge in [-0.25, -0.2) is 0 Å². The Kier molecular flexibility index (Phi) is 5.86. The van der Waals surface area contributed by atoms with E-state index in [-0.39, 0.29) is 5.91 Å². The molecule has 30 heavy (non-hydrogen) atoms. The molecule has 0 aliphatic rings. The SMILES string of the molecule is CCN(Cc1ccccc1)C(=O)C(C)n1nc(-c2ccccc2)c2cc(Cl)ccc21. The number of hydrogen-bond acceptors (Lipinski definition) is 2. The number of carbonyl (C=O) groups excluding carboxylic acids is 1. The molecule has 0 bridgehead atoms. The lowest BCUT2D eigenvalue weighted by Gasteiger charge is -2.25. The van der Waals surface area contributed by atoms with Gasteiger partial charge in [0.05, 0.1) is 5.52 Å². The molecule has 4 rings (SSSR count). The molecule has 0 N–H and O–H groups in total. The molecule has 4 nitrogen and oxygen atoms in total. The zero-order valence-corrected chi connectivity index (χ0v) is 17.9. The Morgan fingerprint density at radius 2 is 1.70 bits per heavy atom. The minimum absolute atomic E-state index is 0.0420. The van der Waals surface area contributed by atoms with E-state index >= 15 is 0 Å². The van der Waals surface area contributed by atoms with E-state index in [1.165, 1.54) is 0 Å². The lowest BCUT2D eigenvalue weighted by atomic mass is 10.1. The first-order chi connectivity index (χ1) is 14.6. The summed E-state index contributed by atoms with van der Waals surface area (Å²) in [6.45, 7) is 5.13. The Hall–Kier alpha value is -3.11. The second-order valence-electron chi connectivity index (χ2n) is 7.33. The van der Waals surface area contributed by atoms with Crippen LogP contribution >= 0.6 is 11.6 Å². The standard InChI is InChI=1S/C25H24ClN3O/c1-3-28(17-19-10-6-4-7-11-19)25(30)18(2)29-23-15-14-21(26)16-22(23)24(27-29)20-12-8-5-9-13-20/h4-16,18H,3,17H2,1-2H3. The van der Waals surface area contributed by atoms with Crippen LogP contribution in [0.3, 0.4) is 0 Å². The van der Waals surface area contributed by atoms with Gasteiger partial charge >= 0.3 is 0 Å². The van der Waals surface area contributed by atoms with Gasteiger partial charge in [0.25, 0.3) is 0 Å². The van der Waals surface area contributed by atoms with E-state index in [9.17, 15) is 4.79 Å². The van der Waals surface area contributed by atoms with Crippen LogP contribution in [-0.4, -0.2) is 27.1 Å². The van der Waals surface area contributed by atoms with E-state index in [0.717, 1.165) is 27.7 Å². The number of carbonyl (C=O) groups is 1. The van der Waals surface area contributed by atoms with Crippen molar-refractivity contribution >= 4 is 28.4 Å². The Bertz CT molecular complexity index is 1160. The van der Waals surface area contributed by atoms with Crippen molar-refractivity contribution < 1.29 is 4.79 Å². The van der Waals surface area contributed by atoms with Crippen molar-refractivity contribution in [2.45, 2.75) is 26.4 Å². The van der Waals surface area contributed by atoms with E-state index in [4.69, 9.17) is 16.7 Å². The van der Waals surface area contributed by atoms with Gasteiger partial charge in [0.2, 0.25) is 5.91 Å². The average Bonchev–Trinajstić information content (AvgIpc) is 3.16. The quantitative estimate of drug-likeness (QED) is 0.387. The molecule has 0 aliphatic carbocycles. The van der Waals surface area contributed by atoms with Crippen LogP contribution in [-0.2, 0) is 11.3 Å². The third-order valence-electron chi connectivity index (χ3n) is 5.35. The van der Waals surface area contributed by atoms with Gasteiger partial charge in [0.15, 0.2) is 0 Å². The van der Waals surface area contributed by atoms with Gasteiger partial charge in [-0.05, 0) is 37.6 Å². The molecule has 0 aliphatic heterocycles. The van der Waals surface area contributed by atoms with Gasteiger partial charge < -0.3 is 4.90 Å². The van der Waals surface area contributed by atoms with Gasteiger partial charge in [-0.3, -0.25) is 9.48 Å². The van der Waals surface area contributed by atoms with Gasteiger partial charge in [0.1, 0.15) is 11.7 Å². The fraction of sp³-hybridized carbons (Fsp3) is 0.200. The monoisotopic (exact) mass is 417 g/mol. The molecular formula is C25H24ClN3O. The Labute approximate surface area is 181 Å². The molecule has 5 heteroatoms. The van der Waals surface area contributed by atoms with Crippen LogP contribution in [0.2, 0.25) is 5.02 Å². The van der Waals surface area contributed by atoms with Crippen LogP contribution in [0, 0.1) is 0 Å². The van der Waals surface area contributed by atoms with Gasteiger partial charge in [0, 0.05) is 29.1 Å². The summed E-state index contributed by atoms with van der Waals surface area (Å²) in [5.41, 5.74) is 3.84. The Morgan fingerprint density at radius 3 is 2.37 bits per heavy atom. The number of nitrogens with zero attached hydrogens (tertiary/aromatic N) is 3. The Balaban J connectivity index is 1.72. The summed E-state index contributed by atoms with van der Waals surface area (Å²) in [6.07, 6.45) is 0. The lowest BCUT2D eigenvalue weighted by molar-refractivity contribution is -0.134. The minimum Gasteiger partial charge on any atom is -0.337 e. The highest BCUT2D eigenvalue weighted by Crippen LogP contribution is 2.32. The molecule has 3 aromatic carbocycles. The number of amides is 1. The molecule has 152 valence electrons. The molecule has 0 saturated carbocycles. The lowest BCUT2D eigenvalue weighted by Crippen LogP contribution is -2.36. The van der Waals surface area contributed by atoms with Crippen molar-refractivity contribution in [3.63, 3.8) is 0 Å². The largest absolute Gasteiger partial charge is 0.337 e. The summed E-state index contributed by atoms with van der Waals surface area (Å²) in [6, 6.07) is 25.3. The summed E-state index contributed by atoms with van der Waals surface area (Å²) in [5.74, 6) is 0.0420. The summed E-state index contributed by atoms with van der Waals surface area (Å²) in [7, 11) is 0. The van der Waals surface area contributed by atoms with Gasteiger partial charge in [-0.1, -0.05) is 72.3 Å². The molecule has 4 aromatic rings. The smallest absolute Gasteiger partial charge is 0.247 e. The zero-order valence-electron chi connectivity index (χ0n) is 17.1. The number of aromatic nitrogens is 2. The normalized spacial score (nSPS) is 12.1. The summed E-state index contributed by atoms with van der Waals surface area (Å²) in [5, 5.41) is 6.45. The topological polar surface area (TPSA) is 38.1 Å². The molecule has 1 unspecified atom stereocenters. The molecule has 1 heterocycles. The van der Waals surface area contributed by atoms with E-state index in [2.05, 4.69) is 0 Å². The van der Waals surface area contributed by atoms with E-state index < -0.39 is 6.04 Å². The van der Waals surface area contributed by atoms with E-state index in [0.29, 0.717) is 18.1 Å². The highest BCUT2D eigenvalue weighted by atomic mass is 35.5. The maximum absolute atomic E-state index is 13.4. The van der Waals surface area contributed by atoms with E-state index in [1.807, 2.05) is 102 Å². The number of hydrogen-bond donors (Lipinski definition) is 0. The predicted molar refractivity (Wildman–Crippen MR) is 122 cm³/mol. The first-order valence-corrected chi connectivity index (χ1v) is 10.5. The first kappa shape index (κ1) is 20.2. The van der Waals surface area contributed by atoms with Crippen LogP contribution in [0.4, 0.5) is 0 Å². The molecular weight excluding hydrogens is 394 g/mol. The van der Waals surface area contributed by atoms with Crippen molar-refractivity contribution in [2.75, 3.05) is 6.54 Å². The average molecular weight is 418 g/mol. The fourth-order valence-electron chi connectivity index (χ4n) is 3.74. The van der Waals surface area contributed by atoms with Crippen LogP contribution in [0.25, 0.3) is 22.2 Å². The second-order valence-corrected chi connectivity index (χ2v) is 7.77. The van der Waals surface area contributed by atoms with Crippen LogP contribution in [0.1, 0.15) is 25.5 Å². The number of likely N-dealkylation sites (N-methyl/N-ethyl adjacent to an activating group) is 1. The fourth-order valence-corrected chi connectivity index (χ4v) is 3.91. The molecule has 0 fully saturated rings. The summed E-state index contributed by atoms with van der Waals surface area (Å²) >= 11 is 6.28. The highest BCUT2D eigenvalue weighted by molar-refractivity contribution is 6.31. The van der Waals surface area contributed by atoms with Crippen molar-refractivity contribution in [3.8, 4) is 11.3 Å². The molecule has 0 saturated heterocycles. The van der Waals surface area contributed by atoms with Crippen LogP contribution in [0.15, 0.2) is 78.9 Å². The minimum atomic E-state index is -0.435. The molecule has 0 spiro atoms. The molecule has 0 radical (unpaired) electrons. The van der Waals surface area contributed by atoms with Crippen molar-refractivity contribution in [2.24, 2.45) is 0 Å².